The molecule has 0 aliphatic rings. The minimum Gasteiger partial charge on any atom is -0.504 e. The van der Waals surface area contributed by atoms with Gasteiger partial charge in [-0.15, -0.1) is 0 Å². The number of phenols is 1. The summed E-state index contributed by atoms with van der Waals surface area (Å²) in [7, 11) is 3.03. The van der Waals surface area contributed by atoms with E-state index in [0.29, 0.717) is 17.1 Å². The van der Waals surface area contributed by atoms with E-state index in [9.17, 15) is 9.90 Å². The lowest BCUT2D eigenvalue weighted by molar-refractivity contribution is -0.119. The van der Waals surface area contributed by atoms with Gasteiger partial charge in [-0.2, -0.15) is 5.10 Å². The van der Waals surface area contributed by atoms with Gasteiger partial charge in [-0.1, -0.05) is 12.1 Å². The Hall–Kier alpha value is -3.22. The first kappa shape index (κ1) is 17.1. The molecule has 2 rings (SSSR count). The predicted octanol–water partition coefficient (Wildman–Crippen LogP) is 1.97. The van der Waals surface area contributed by atoms with E-state index in [1.54, 1.807) is 25.3 Å². The third kappa shape index (κ3) is 4.64. The van der Waals surface area contributed by atoms with Crippen molar-refractivity contribution in [3.05, 3.63) is 48.0 Å². The topological polar surface area (TPSA) is 92.2 Å². The number of benzene rings is 2. The second-order valence-electron chi connectivity index (χ2n) is 4.78. The zero-order valence-corrected chi connectivity index (χ0v) is 13.4. The first-order valence-electron chi connectivity index (χ1n) is 7.20. The highest BCUT2D eigenvalue weighted by molar-refractivity contribution is 5.85. The number of nitrogens with zero attached hydrogens (tertiary/aromatic N) is 1. The van der Waals surface area contributed by atoms with E-state index in [2.05, 4.69) is 15.8 Å². The molecule has 2 aromatic rings. The Morgan fingerprint density at radius 1 is 1.17 bits per heavy atom. The molecule has 0 radical (unpaired) electrons. The summed E-state index contributed by atoms with van der Waals surface area (Å²) in [6.45, 7) is 0.0472. The molecule has 0 saturated heterocycles. The van der Waals surface area contributed by atoms with Gasteiger partial charge in [0.2, 0.25) is 0 Å². The number of hydrogen-bond acceptors (Lipinski definition) is 6. The summed E-state index contributed by atoms with van der Waals surface area (Å²) in [5.74, 6) is 0.722. The van der Waals surface area contributed by atoms with Crippen LogP contribution in [-0.2, 0) is 4.79 Å². The molecule has 0 bridgehead atoms. The van der Waals surface area contributed by atoms with Crippen LogP contribution in [0.3, 0.4) is 0 Å². The van der Waals surface area contributed by atoms with Crippen LogP contribution in [0, 0.1) is 0 Å². The Labute approximate surface area is 139 Å². The lowest BCUT2D eigenvalue weighted by Crippen LogP contribution is -2.26. The lowest BCUT2D eigenvalue weighted by atomic mass is 10.2. The first-order valence-corrected chi connectivity index (χ1v) is 7.20. The van der Waals surface area contributed by atoms with E-state index in [0.717, 1.165) is 5.69 Å². The molecule has 0 saturated carbocycles. The molecule has 7 nitrogen and oxygen atoms in total. The summed E-state index contributed by atoms with van der Waals surface area (Å²) in [6.07, 6.45) is 1.43. The van der Waals surface area contributed by atoms with Crippen LogP contribution in [0.25, 0.3) is 0 Å². The number of hydrogen-bond donors (Lipinski definition) is 3. The Kier molecular flexibility index (Phi) is 6.01. The molecule has 126 valence electrons. The van der Waals surface area contributed by atoms with Gasteiger partial charge >= 0.3 is 0 Å². The van der Waals surface area contributed by atoms with Crippen molar-refractivity contribution >= 4 is 17.8 Å². The van der Waals surface area contributed by atoms with Crippen LogP contribution in [0.1, 0.15) is 5.56 Å². The van der Waals surface area contributed by atoms with Crippen LogP contribution < -0.4 is 20.2 Å². The largest absolute Gasteiger partial charge is 0.504 e. The maximum absolute atomic E-state index is 11.8. The summed E-state index contributed by atoms with van der Waals surface area (Å²) >= 11 is 0. The molecule has 0 heterocycles. The second-order valence-corrected chi connectivity index (χ2v) is 4.78. The molecular formula is C17H19N3O4. The van der Waals surface area contributed by atoms with Gasteiger partial charge in [-0.3, -0.25) is 4.79 Å². The molecule has 0 spiro atoms. The van der Waals surface area contributed by atoms with E-state index >= 15 is 0 Å². The van der Waals surface area contributed by atoms with Crippen LogP contribution in [0.5, 0.6) is 17.2 Å². The summed E-state index contributed by atoms with van der Waals surface area (Å²) < 4.78 is 10.1. The monoisotopic (exact) mass is 329 g/mol. The number of para-hydroxylation sites is 2. The number of nitrogens with one attached hydrogen (secondary N) is 2. The van der Waals surface area contributed by atoms with Crippen LogP contribution in [0.15, 0.2) is 47.6 Å². The molecule has 7 heteroatoms. The van der Waals surface area contributed by atoms with E-state index in [1.807, 2.05) is 18.2 Å². The van der Waals surface area contributed by atoms with Crippen molar-refractivity contribution in [2.75, 3.05) is 26.1 Å². The molecule has 2 aromatic carbocycles. The zero-order valence-electron chi connectivity index (χ0n) is 13.4. The molecule has 0 atom stereocenters. The van der Waals surface area contributed by atoms with Crippen molar-refractivity contribution in [3.8, 4) is 17.2 Å². The van der Waals surface area contributed by atoms with Gasteiger partial charge in [-0.25, -0.2) is 5.43 Å². The molecule has 24 heavy (non-hydrogen) atoms. The summed E-state index contributed by atoms with van der Waals surface area (Å²) in [5, 5.41) is 16.5. The number of rotatable bonds is 7. The number of aromatic hydroxyl groups is 1. The fraction of sp³-hybridized carbons (Fsp3) is 0.176. The minimum absolute atomic E-state index is 0.00520. The molecule has 0 aromatic heterocycles. The van der Waals surface area contributed by atoms with Gasteiger partial charge in [-0.05, 0) is 35.9 Å². The van der Waals surface area contributed by atoms with Crippen LogP contribution in [-0.4, -0.2) is 38.0 Å². The first-order chi connectivity index (χ1) is 11.6. The molecule has 1 amide bonds. The van der Waals surface area contributed by atoms with Crippen LogP contribution in [0.2, 0.25) is 0 Å². The van der Waals surface area contributed by atoms with Crippen molar-refractivity contribution in [2.45, 2.75) is 0 Å². The van der Waals surface area contributed by atoms with Gasteiger partial charge in [0.25, 0.3) is 5.91 Å². The maximum atomic E-state index is 11.8. The lowest BCUT2D eigenvalue weighted by Gasteiger charge is -2.09. The van der Waals surface area contributed by atoms with Crippen molar-refractivity contribution in [1.29, 1.82) is 0 Å². The number of anilines is 1. The third-order valence-corrected chi connectivity index (χ3v) is 3.15. The van der Waals surface area contributed by atoms with Gasteiger partial charge in [0.15, 0.2) is 11.5 Å². The Balaban J connectivity index is 1.85. The minimum atomic E-state index is -0.310. The molecule has 0 aliphatic heterocycles. The SMILES string of the molecule is COc1ccc(/C=N\NC(=O)CNc2ccccc2OC)cc1O. The average Bonchev–Trinajstić information content (AvgIpc) is 2.60. The van der Waals surface area contributed by atoms with Crippen molar-refractivity contribution in [2.24, 2.45) is 5.10 Å². The fourth-order valence-corrected chi connectivity index (χ4v) is 1.97. The summed E-state index contributed by atoms with van der Waals surface area (Å²) in [6, 6.07) is 12.1. The van der Waals surface area contributed by atoms with Crippen molar-refractivity contribution in [1.82, 2.24) is 5.43 Å². The number of phenolic OH excluding ortho intramolecular Hbond substituents is 1. The van der Waals surface area contributed by atoms with Crippen molar-refractivity contribution < 1.29 is 19.4 Å². The molecular weight excluding hydrogens is 310 g/mol. The number of carbonyl (C=O) groups excluding carboxylic acids is 1. The number of amides is 1. The van der Waals surface area contributed by atoms with Crippen molar-refractivity contribution in [3.63, 3.8) is 0 Å². The molecule has 0 fully saturated rings. The molecule has 0 unspecified atom stereocenters. The highest BCUT2D eigenvalue weighted by atomic mass is 16.5. The van der Waals surface area contributed by atoms with E-state index in [4.69, 9.17) is 9.47 Å². The molecule has 0 aliphatic carbocycles. The van der Waals surface area contributed by atoms with Crippen LogP contribution >= 0.6 is 0 Å². The number of ether oxygens (including phenoxy) is 2. The predicted molar refractivity (Wildman–Crippen MR) is 91.9 cm³/mol. The Morgan fingerprint density at radius 3 is 2.62 bits per heavy atom. The van der Waals surface area contributed by atoms with Gasteiger partial charge < -0.3 is 19.9 Å². The number of hydrazone groups is 1. The van der Waals surface area contributed by atoms with E-state index in [1.165, 1.54) is 19.4 Å². The number of carbonyl (C=O) groups is 1. The Bertz CT molecular complexity index is 732. The number of methoxy groups -OCH3 is 2. The van der Waals surface area contributed by atoms with Gasteiger partial charge in [0.1, 0.15) is 5.75 Å². The third-order valence-electron chi connectivity index (χ3n) is 3.15. The fourth-order valence-electron chi connectivity index (χ4n) is 1.97. The molecule has 3 N–H and O–H groups in total. The van der Waals surface area contributed by atoms with Crippen LogP contribution in [0.4, 0.5) is 5.69 Å². The van der Waals surface area contributed by atoms with Gasteiger partial charge in [0.05, 0.1) is 32.7 Å². The van der Waals surface area contributed by atoms with E-state index < -0.39 is 0 Å². The van der Waals surface area contributed by atoms with Gasteiger partial charge in [0, 0.05) is 0 Å². The normalized spacial score (nSPS) is 10.4. The Morgan fingerprint density at radius 2 is 1.92 bits per heavy atom. The maximum Gasteiger partial charge on any atom is 0.259 e. The summed E-state index contributed by atoms with van der Waals surface area (Å²) in [5.41, 5.74) is 3.75. The summed E-state index contributed by atoms with van der Waals surface area (Å²) in [4.78, 5) is 11.8. The highest BCUT2D eigenvalue weighted by Gasteiger charge is 2.04. The smallest absolute Gasteiger partial charge is 0.259 e. The average molecular weight is 329 g/mol. The highest BCUT2D eigenvalue weighted by Crippen LogP contribution is 2.25. The second kappa shape index (κ2) is 8.42. The quantitative estimate of drug-likeness (QED) is 0.533. The standard InChI is InChI=1S/C17H19N3O4/c1-23-15-6-4-3-5-13(15)18-11-17(22)20-19-10-12-7-8-16(24-2)14(21)9-12/h3-10,18,21H,11H2,1-2H3,(H,20,22)/b19-10-. The van der Waals surface area contributed by atoms with E-state index in [-0.39, 0.29) is 18.2 Å². The zero-order chi connectivity index (χ0) is 17.4.